The number of piperidine rings is 1. The molecule has 2 atom stereocenters. The van der Waals surface area contributed by atoms with Crippen LogP contribution in [0.2, 0.25) is 10.0 Å². The second-order valence-electron chi connectivity index (χ2n) is 8.70. The third-order valence-electron chi connectivity index (χ3n) is 6.59. The molecule has 7 nitrogen and oxygen atoms in total. The third-order valence-corrected chi connectivity index (χ3v) is 7.32. The monoisotopic (exact) mass is 492 g/mol. The van der Waals surface area contributed by atoms with E-state index in [0.717, 1.165) is 42.7 Å². The highest BCUT2D eigenvalue weighted by Gasteiger charge is 2.31. The van der Waals surface area contributed by atoms with Crippen molar-refractivity contribution in [3.05, 3.63) is 57.1 Å². The molecule has 2 saturated heterocycles. The van der Waals surface area contributed by atoms with Gasteiger partial charge in [-0.3, -0.25) is 4.79 Å². The van der Waals surface area contributed by atoms with E-state index in [0.29, 0.717) is 53.9 Å². The maximum Gasteiger partial charge on any atom is 0.272 e. The zero-order valence-electron chi connectivity index (χ0n) is 19.0. The molecule has 33 heavy (non-hydrogen) atoms. The first kappa shape index (κ1) is 24.4. The van der Waals surface area contributed by atoms with E-state index in [1.807, 2.05) is 24.0 Å². The van der Waals surface area contributed by atoms with Gasteiger partial charge in [-0.15, -0.1) is 0 Å². The summed E-state index contributed by atoms with van der Waals surface area (Å²) in [6, 6.07) is 6.18. The molecule has 2 aliphatic heterocycles. The predicted octanol–water partition coefficient (Wildman–Crippen LogP) is 3.68. The number of nitrogens with one attached hydrogen (secondary N) is 1. The number of amides is 1. The van der Waals surface area contributed by atoms with Gasteiger partial charge in [-0.2, -0.15) is 0 Å². The summed E-state index contributed by atoms with van der Waals surface area (Å²) in [6.07, 6.45) is 4.86. The number of ether oxygens (including phenoxy) is 2. The van der Waals surface area contributed by atoms with E-state index in [4.69, 9.17) is 32.7 Å². The minimum Gasteiger partial charge on any atom is -0.379 e. The molecule has 0 spiro atoms. The van der Waals surface area contributed by atoms with Crippen LogP contribution in [-0.2, 0) is 15.9 Å². The number of methoxy groups -OCH3 is 1. The topological polar surface area (TPSA) is 76.6 Å². The van der Waals surface area contributed by atoms with Crippen LogP contribution in [0.25, 0.3) is 0 Å². The number of carbonyl (C=O) groups excluding carboxylic acids is 1. The van der Waals surface area contributed by atoms with Crippen LogP contribution in [0.15, 0.2) is 24.5 Å². The molecule has 1 amide bonds. The number of nitrogens with zero attached hydrogens (tertiary/aromatic N) is 3. The van der Waals surface area contributed by atoms with Crippen LogP contribution in [0.3, 0.4) is 0 Å². The number of likely N-dealkylation sites (tertiary alicyclic amines) is 1. The zero-order chi connectivity index (χ0) is 23.4. The van der Waals surface area contributed by atoms with Crippen LogP contribution < -0.4 is 5.32 Å². The smallest absolute Gasteiger partial charge is 0.272 e. The average molecular weight is 493 g/mol. The van der Waals surface area contributed by atoms with Gasteiger partial charge < -0.3 is 19.7 Å². The highest BCUT2D eigenvalue weighted by molar-refractivity contribution is 6.42. The summed E-state index contributed by atoms with van der Waals surface area (Å²) >= 11 is 12.2. The molecule has 9 heteroatoms. The van der Waals surface area contributed by atoms with Crippen molar-refractivity contribution in [3.8, 4) is 0 Å². The molecule has 178 valence electrons. The van der Waals surface area contributed by atoms with Gasteiger partial charge >= 0.3 is 0 Å². The van der Waals surface area contributed by atoms with Crippen LogP contribution in [0.1, 0.15) is 46.6 Å². The molecule has 1 N–H and O–H groups in total. The lowest BCUT2D eigenvalue weighted by Crippen LogP contribution is -2.54. The molecular weight excluding hydrogens is 463 g/mol. The second-order valence-corrected chi connectivity index (χ2v) is 9.51. The van der Waals surface area contributed by atoms with Crippen LogP contribution >= 0.6 is 23.2 Å². The Hall–Kier alpha value is -1.77. The third kappa shape index (κ3) is 5.84. The molecule has 0 aliphatic carbocycles. The van der Waals surface area contributed by atoms with Crippen molar-refractivity contribution in [1.29, 1.82) is 0 Å². The summed E-state index contributed by atoms with van der Waals surface area (Å²) in [5, 5.41) is 4.75. The molecule has 2 aromatic rings. The lowest BCUT2D eigenvalue weighted by molar-refractivity contribution is -0.0533. The minimum atomic E-state index is -0.0374. The van der Waals surface area contributed by atoms with Crippen molar-refractivity contribution < 1.29 is 14.3 Å². The Balaban J connectivity index is 1.37. The first-order chi connectivity index (χ1) is 16.0. The minimum absolute atomic E-state index is 0.0374. The van der Waals surface area contributed by atoms with Gasteiger partial charge in [-0.05, 0) is 43.9 Å². The molecule has 2 fully saturated rings. The lowest BCUT2D eigenvalue weighted by atomic mass is 9.99. The maximum absolute atomic E-state index is 13.3. The van der Waals surface area contributed by atoms with Gasteiger partial charge in [0, 0.05) is 50.9 Å². The van der Waals surface area contributed by atoms with Crippen LogP contribution in [0, 0.1) is 6.92 Å². The van der Waals surface area contributed by atoms with Gasteiger partial charge in [0.1, 0.15) is 12.0 Å². The zero-order valence-corrected chi connectivity index (χ0v) is 20.5. The highest BCUT2D eigenvalue weighted by Crippen LogP contribution is 2.25. The molecule has 0 saturated carbocycles. The number of carbonyl (C=O) groups is 1. The fourth-order valence-electron chi connectivity index (χ4n) is 4.56. The Labute approximate surface area is 204 Å². The average Bonchev–Trinajstić information content (AvgIpc) is 2.83. The molecule has 2 aliphatic rings. The summed E-state index contributed by atoms with van der Waals surface area (Å²) in [4.78, 5) is 23.9. The number of benzene rings is 1. The fraction of sp³-hybridized carbons (Fsp3) is 0.542. The number of hydrogen-bond donors (Lipinski definition) is 1. The first-order valence-corrected chi connectivity index (χ1v) is 12.1. The molecule has 0 unspecified atom stereocenters. The van der Waals surface area contributed by atoms with Crippen LogP contribution in [-0.4, -0.2) is 72.4 Å². The molecule has 1 aromatic carbocycles. The van der Waals surface area contributed by atoms with E-state index < -0.39 is 0 Å². The predicted molar refractivity (Wildman–Crippen MR) is 128 cm³/mol. The van der Waals surface area contributed by atoms with Gasteiger partial charge in [0.25, 0.3) is 5.91 Å². The van der Waals surface area contributed by atoms with E-state index in [1.54, 1.807) is 13.2 Å². The van der Waals surface area contributed by atoms with Crippen LogP contribution in [0.4, 0.5) is 0 Å². The Bertz CT molecular complexity index is 982. The highest BCUT2D eigenvalue weighted by atomic mass is 35.5. The molecule has 0 radical (unpaired) electrons. The molecule has 1 aromatic heterocycles. The van der Waals surface area contributed by atoms with Gasteiger partial charge in [0.2, 0.25) is 0 Å². The summed E-state index contributed by atoms with van der Waals surface area (Å²) in [6.45, 7) is 4.69. The molecule has 4 rings (SSSR count). The number of rotatable bonds is 6. The Morgan fingerprint density at radius 2 is 2.00 bits per heavy atom. The van der Waals surface area contributed by atoms with Gasteiger partial charge in [0.15, 0.2) is 0 Å². The first-order valence-electron chi connectivity index (χ1n) is 11.4. The van der Waals surface area contributed by atoms with E-state index in [1.165, 1.54) is 6.33 Å². The van der Waals surface area contributed by atoms with Crippen LogP contribution in [0.5, 0.6) is 0 Å². The summed E-state index contributed by atoms with van der Waals surface area (Å²) in [7, 11) is 1.73. The van der Waals surface area contributed by atoms with Crippen molar-refractivity contribution in [3.63, 3.8) is 0 Å². The quantitative estimate of drug-likeness (QED) is 0.662. The Kier molecular flexibility index (Phi) is 8.20. The SMILES string of the molecule is CO[C@@H]1COCC[C@@H]1NC1CCN(C(=O)c2ncnc(Cc3ccc(Cl)c(Cl)c3)c2C)CC1. The molecular formula is C24H30Cl2N4O3. The number of hydrogen-bond acceptors (Lipinski definition) is 6. The fourth-order valence-corrected chi connectivity index (χ4v) is 4.88. The van der Waals surface area contributed by atoms with Crippen molar-refractivity contribution in [2.24, 2.45) is 0 Å². The summed E-state index contributed by atoms with van der Waals surface area (Å²) in [5.41, 5.74) is 3.07. The summed E-state index contributed by atoms with van der Waals surface area (Å²) in [5.74, 6) is -0.0374. The number of halogens is 2. The maximum atomic E-state index is 13.3. The number of aromatic nitrogens is 2. The Morgan fingerprint density at radius 1 is 1.21 bits per heavy atom. The van der Waals surface area contributed by atoms with E-state index in [-0.39, 0.29) is 12.0 Å². The van der Waals surface area contributed by atoms with Gasteiger partial charge in [-0.25, -0.2) is 9.97 Å². The summed E-state index contributed by atoms with van der Waals surface area (Å²) < 4.78 is 11.1. The van der Waals surface area contributed by atoms with E-state index >= 15 is 0 Å². The molecule has 0 bridgehead atoms. The van der Waals surface area contributed by atoms with E-state index in [9.17, 15) is 4.79 Å². The Morgan fingerprint density at radius 3 is 2.73 bits per heavy atom. The van der Waals surface area contributed by atoms with Crippen molar-refractivity contribution >= 4 is 29.1 Å². The second kappa shape index (κ2) is 11.1. The van der Waals surface area contributed by atoms with Crippen molar-refractivity contribution in [2.45, 2.75) is 50.8 Å². The normalized spacial score (nSPS) is 21.9. The van der Waals surface area contributed by atoms with Crippen molar-refractivity contribution in [2.75, 3.05) is 33.4 Å². The largest absolute Gasteiger partial charge is 0.379 e. The van der Waals surface area contributed by atoms with Gasteiger partial charge in [0.05, 0.1) is 28.5 Å². The van der Waals surface area contributed by atoms with Crippen molar-refractivity contribution in [1.82, 2.24) is 20.2 Å². The van der Waals surface area contributed by atoms with Gasteiger partial charge in [-0.1, -0.05) is 29.3 Å². The lowest BCUT2D eigenvalue weighted by Gasteiger charge is -2.38. The van der Waals surface area contributed by atoms with E-state index in [2.05, 4.69) is 15.3 Å². The standard InChI is InChI=1S/C24H30Cl2N4O3/c1-15-21(12-16-3-4-18(25)19(26)11-16)27-14-28-23(15)24(31)30-8-5-17(6-9-30)29-20-7-10-33-13-22(20)32-2/h3-4,11,14,17,20,22,29H,5-10,12-13H2,1-2H3/t20-,22+/m0/s1. The molecule has 3 heterocycles.